The highest BCUT2D eigenvalue weighted by atomic mass is 79.9. The van der Waals surface area contributed by atoms with Crippen LogP contribution in [-0.2, 0) is 6.54 Å². The first-order chi connectivity index (χ1) is 11.6. The molecule has 1 fully saturated rings. The standard InChI is InChI=1S/C19H20BrFN2O/c20-18-5-2-1-4-17(18)19(24)23-11-3-10-22(12-13-23)14-15-6-8-16(21)9-7-15/h1-2,4-9H,3,10-14H2. The van der Waals surface area contributed by atoms with Crippen LogP contribution in [0.2, 0.25) is 0 Å². The average molecular weight is 391 g/mol. The quantitative estimate of drug-likeness (QED) is 0.792. The van der Waals surface area contributed by atoms with Crippen molar-refractivity contribution in [3.63, 3.8) is 0 Å². The first kappa shape index (κ1) is 17.1. The largest absolute Gasteiger partial charge is 0.337 e. The number of nitrogens with zero attached hydrogens (tertiary/aromatic N) is 2. The molecule has 2 aromatic carbocycles. The summed E-state index contributed by atoms with van der Waals surface area (Å²) in [6.45, 7) is 4.03. The fourth-order valence-corrected chi connectivity index (χ4v) is 3.44. The number of halogens is 2. The second-order valence-corrected chi connectivity index (χ2v) is 6.88. The maximum Gasteiger partial charge on any atom is 0.255 e. The van der Waals surface area contributed by atoms with Gasteiger partial charge in [0, 0.05) is 37.2 Å². The lowest BCUT2D eigenvalue weighted by Crippen LogP contribution is -2.35. The van der Waals surface area contributed by atoms with Crippen LogP contribution >= 0.6 is 15.9 Å². The highest BCUT2D eigenvalue weighted by Crippen LogP contribution is 2.19. The van der Waals surface area contributed by atoms with Gasteiger partial charge in [0.2, 0.25) is 0 Å². The third kappa shape index (κ3) is 4.22. The summed E-state index contributed by atoms with van der Waals surface area (Å²) >= 11 is 3.46. The van der Waals surface area contributed by atoms with E-state index in [4.69, 9.17) is 0 Å². The van der Waals surface area contributed by atoms with E-state index < -0.39 is 0 Å². The minimum Gasteiger partial charge on any atom is -0.337 e. The van der Waals surface area contributed by atoms with E-state index in [1.165, 1.54) is 12.1 Å². The summed E-state index contributed by atoms with van der Waals surface area (Å²) in [5.74, 6) is -0.133. The summed E-state index contributed by atoms with van der Waals surface area (Å²) in [7, 11) is 0. The van der Waals surface area contributed by atoms with E-state index in [-0.39, 0.29) is 11.7 Å². The maximum absolute atomic E-state index is 13.0. The lowest BCUT2D eigenvalue weighted by molar-refractivity contribution is 0.0760. The topological polar surface area (TPSA) is 23.6 Å². The summed E-state index contributed by atoms with van der Waals surface area (Å²) in [6.07, 6.45) is 0.942. The van der Waals surface area contributed by atoms with Crippen molar-refractivity contribution in [2.45, 2.75) is 13.0 Å². The van der Waals surface area contributed by atoms with Crippen LogP contribution in [0.25, 0.3) is 0 Å². The Morgan fingerprint density at radius 1 is 1.00 bits per heavy atom. The lowest BCUT2D eigenvalue weighted by Gasteiger charge is -2.22. The van der Waals surface area contributed by atoms with Gasteiger partial charge in [-0.3, -0.25) is 9.69 Å². The summed E-state index contributed by atoms with van der Waals surface area (Å²) in [5.41, 5.74) is 1.81. The molecule has 0 aliphatic carbocycles. The fraction of sp³-hybridized carbons (Fsp3) is 0.316. The molecule has 3 nitrogen and oxygen atoms in total. The number of hydrogen-bond acceptors (Lipinski definition) is 2. The number of rotatable bonds is 3. The van der Waals surface area contributed by atoms with E-state index in [1.54, 1.807) is 0 Å². The van der Waals surface area contributed by atoms with Gasteiger partial charge in [0.25, 0.3) is 5.91 Å². The molecule has 1 aliphatic heterocycles. The Balaban J connectivity index is 1.61. The Bertz CT molecular complexity index is 705. The first-order valence-corrected chi connectivity index (χ1v) is 8.93. The van der Waals surface area contributed by atoms with Crippen molar-refractivity contribution in [2.75, 3.05) is 26.2 Å². The zero-order chi connectivity index (χ0) is 16.9. The molecule has 0 spiro atoms. The Morgan fingerprint density at radius 3 is 2.50 bits per heavy atom. The van der Waals surface area contributed by atoms with Crippen molar-refractivity contribution in [1.82, 2.24) is 9.80 Å². The number of hydrogen-bond donors (Lipinski definition) is 0. The molecule has 24 heavy (non-hydrogen) atoms. The van der Waals surface area contributed by atoms with E-state index >= 15 is 0 Å². The van der Waals surface area contributed by atoms with E-state index in [2.05, 4.69) is 20.8 Å². The molecule has 126 valence electrons. The highest BCUT2D eigenvalue weighted by molar-refractivity contribution is 9.10. The minimum atomic E-state index is -0.208. The molecule has 0 saturated carbocycles. The maximum atomic E-state index is 13.0. The number of carbonyl (C=O) groups excluding carboxylic acids is 1. The van der Waals surface area contributed by atoms with Crippen molar-refractivity contribution in [3.05, 3.63) is 69.9 Å². The first-order valence-electron chi connectivity index (χ1n) is 8.14. The van der Waals surface area contributed by atoms with E-state index in [9.17, 15) is 9.18 Å². The van der Waals surface area contributed by atoms with Crippen LogP contribution in [0.3, 0.4) is 0 Å². The molecule has 0 aromatic heterocycles. The highest BCUT2D eigenvalue weighted by Gasteiger charge is 2.21. The van der Waals surface area contributed by atoms with Crippen molar-refractivity contribution in [1.29, 1.82) is 0 Å². The molecular weight excluding hydrogens is 371 g/mol. The molecule has 0 unspecified atom stereocenters. The minimum absolute atomic E-state index is 0.0751. The van der Waals surface area contributed by atoms with E-state index in [0.29, 0.717) is 12.1 Å². The Morgan fingerprint density at radius 2 is 1.75 bits per heavy atom. The lowest BCUT2D eigenvalue weighted by atomic mass is 10.2. The van der Waals surface area contributed by atoms with Gasteiger partial charge in [-0.25, -0.2) is 4.39 Å². The van der Waals surface area contributed by atoms with Crippen LogP contribution in [-0.4, -0.2) is 41.9 Å². The Hall–Kier alpha value is -1.72. The van der Waals surface area contributed by atoms with Crippen molar-refractivity contribution in [3.8, 4) is 0 Å². The molecule has 5 heteroatoms. The van der Waals surface area contributed by atoms with Crippen LogP contribution in [0.4, 0.5) is 4.39 Å². The molecule has 0 atom stereocenters. The Labute approximate surface area is 150 Å². The summed E-state index contributed by atoms with van der Waals surface area (Å²) in [6, 6.07) is 14.2. The van der Waals surface area contributed by atoms with Crippen LogP contribution in [0.15, 0.2) is 53.0 Å². The van der Waals surface area contributed by atoms with Gasteiger partial charge in [0.05, 0.1) is 5.56 Å². The molecule has 0 radical (unpaired) electrons. The van der Waals surface area contributed by atoms with Crippen LogP contribution in [0.5, 0.6) is 0 Å². The molecule has 1 aliphatic rings. The number of amides is 1. The summed E-state index contributed by atoms with van der Waals surface area (Å²) < 4.78 is 13.8. The van der Waals surface area contributed by atoms with E-state index in [1.807, 2.05) is 41.3 Å². The number of benzene rings is 2. The van der Waals surface area contributed by atoms with Crippen molar-refractivity contribution >= 4 is 21.8 Å². The van der Waals surface area contributed by atoms with Gasteiger partial charge in [-0.1, -0.05) is 24.3 Å². The SMILES string of the molecule is O=C(c1ccccc1Br)N1CCCN(Cc2ccc(F)cc2)CC1. The predicted molar refractivity (Wildman–Crippen MR) is 96.3 cm³/mol. The monoisotopic (exact) mass is 390 g/mol. The van der Waals surface area contributed by atoms with Gasteiger partial charge in [-0.15, -0.1) is 0 Å². The third-order valence-electron chi connectivity index (χ3n) is 4.30. The van der Waals surface area contributed by atoms with Crippen molar-refractivity contribution in [2.24, 2.45) is 0 Å². The van der Waals surface area contributed by atoms with Gasteiger partial charge in [0.15, 0.2) is 0 Å². The molecule has 1 heterocycles. The van der Waals surface area contributed by atoms with Gasteiger partial charge in [-0.05, 0) is 52.2 Å². The van der Waals surface area contributed by atoms with Gasteiger partial charge >= 0.3 is 0 Å². The predicted octanol–water partition coefficient (Wildman–Crippen LogP) is 3.94. The molecule has 0 bridgehead atoms. The molecule has 2 aromatic rings. The second-order valence-electron chi connectivity index (χ2n) is 6.03. The second kappa shape index (κ2) is 7.90. The fourth-order valence-electron chi connectivity index (χ4n) is 2.99. The zero-order valence-electron chi connectivity index (χ0n) is 13.4. The summed E-state index contributed by atoms with van der Waals surface area (Å²) in [5, 5.41) is 0. The smallest absolute Gasteiger partial charge is 0.255 e. The van der Waals surface area contributed by atoms with E-state index in [0.717, 1.165) is 42.6 Å². The molecule has 0 N–H and O–H groups in total. The van der Waals surface area contributed by atoms with Crippen LogP contribution < -0.4 is 0 Å². The number of carbonyl (C=O) groups is 1. The van der Waals surface area contributed by atoms with Gasteiger partial charge < -0.3 is 4.90 Å². The third-order valence-corrected chi connectivity index (χ3v) is 4.99. The molecule has 3 rings (SSSR count). The Kier molecular flexibility index (Phi) is 5.63. The average Bonchev–Trinajstić information content (AvgIpc) is 2.82. The van der Waals surface area contributed by atoms with Gasteiger partial charge in [0.1, 0.15) is 5.82 Å². The normalized spacial score (nSPS) is 16.0. The molecular formula is C19H20BrFN2O. The molecule has 1 saturated heterocycles. The van der Waals surface area contributed by atoms with Crippen LogP contribution in [0.1, 0.15) is 22.3 Å². The van der Waals surface area contributed by atoms with Crippen molar-refractivity contribution < 1.29 is 9.18 Å². The zero-order valence-corrected chi connectivity index (χ0v) is 15.0. The van der Waals surface area contributed by atoms with Gasteiger partial charge in [-0.2, -0.15) is 0 Å². The summed E-state index contributed by atoms with van der Waals surface area (Å²) in [4.78, 5) is 17.0. The molecule has 1 amide bonds. The van der Waals surface area contributed by atoms with Crippen LogP contribution in [0, 0.1) is 5.82 Å².